The molecule has 0 bridgehead atoms. The molecule has 0 radical (unpaired) electrons. The van der Waals surface area contributed by atoms with E-state index in [1.807, 2.05) is 18.2 Å². The Bertz CT molecular complexity index is 1050. The summed E-state index contributed by atoms with van der Waals surface area (Å²) in [7, 11) is 0. The van der Waals surface area contributed by atoms with E-state index in [9.17, 15) is 14.4 Å². The summed E-state index contributed by atoms with van der Waals surface area (Å²) in [6.07, 6.45) is 4.81. The average Bonchev–Trinajstić information content (AvgIpc) is 3.13. The maximum absolute atomic E-state index is 13.0. The summed E-state index contributed by atoms with van der Waals surface area (Å²) in [6.45, 7) is 4.20. The summed E-state index contributed by atoms with van der Waals surface area (Å²) >= 11 is 3.33. The van der Waals surface area contributed by atoms with E-state index in [1.54, 1.807) is 30.3 Å². The van der Waals surface area contributed by atoms with E-state index in [2.05, 4.69) is 33.1 Å². The molecule has 1 fully saturated rings. The number of unbranched alkanes of at least 4 members (excludes halogenated alkanes) is 1. The topological polar surface area (TPSA) is 69.7 Å². The van der Waals surface area contributed by atoms with Gasteiger partial charge in [0.2, 0.25) is 0 Å². The number of rotatable bonds is 5. The molecule has 0 spiro atoms. The maximum Gasteiger partial charge on any atom is 0.335 e. The van der Waals surface area contributed by atoms with Gasteiger partial charge >= 0.3 is 6.03 Å². The van der Waals surface area contributed by atoms with E-state index in [-0.39, 0.29) is 5.57 Å². The van der Waals surface area contributed by atoms with Gasteiger partial charge in [-0.05, 0) is 66.4 Å². The predicted octanol–water partition coefficient (Wildman–Crippen LogP) is 4.28. The van der Waals surface area contributed by atoms with Crippen molar-refractivity contribution < 1.29 is 14.4 Å². The van der Waals surface area contributed by atoms with Gasteiger partial charge in [0.05, 0.1) is 5.69 Å². The zero-order valence-electron chi connectivity index (χ0n) is 16.7. The fraction of sp³-hybridized carbons (Fsp3) is 0.261. The number of anilines is 2. The zero-order valence-corrected chi connectivity index (χ0v) is 18.2. The van der Waals surface area contributed by atoms with Gasteiger partial charge in [0.15, 0.2) is 0 Å². The lowest BCUT2D eigenvalue weighted by Crippen LogP contribution is -2.54. The first-order valence-electron chi connectivity index (χ1n) is 10.0. The largest absolute Gasteiger partial charge is 0.371 e. The fourth-order valence-corrected chi connectivity index (χ4v) is 4.07. The molecule has 0 atom stereocenters. The Morgan fingerprint density at radius 2 is 1.87 bits per heavy atom. The van der Waals surface area contributed by atoms with Crippen molar-refractivity contribution in [3.63, 3.8) is 0 Å². The van der Waals surface area contributed by atoms with Crippen molar-refractivity contribution in [2.24, 2.45) is 0 Å². The molecule has 2 aliphatic rings. The van der Waals surface area contributed by atoms with Crippen LogP contribution in [0.25, 0.3) is 6.08 Å². The molecule has 2 aliphatic heterocycles. The van der Waals surface area contributed by atoms with E-state index in [1.165, 1.54) is 11.3 Å². The van der Waals surface area contributed by atoms with Crippen LogP contribution in [0.3, 0.4) is 0 Å². The first-order valence-corrected chi connectivity index (χ1v) is 10.8. The van der Waals surface area contributed by atoms with Gasteiger partial charge in [-0.3, -0.25) is 14.9 Å². The molecule has 0 aromatic heterocycles. The Morgan fingerprint density at radius 1 is 1.10 bits per heavy atom. The molecule has 1 saturated heterocycles. The number of hydrogen-bond acceptors (Lipinski definition) is 4. The minimum absolute atomic E-state index is 0.0571. The van der Waals surface area contributed by atoms with Gasteiger partial charge in [-0.15, -0.1) is 0 Å². The Morgan fingerprint density at radius 3 is 2.60 bits per heavy atom. The van der Waals surface area contributed by atoms with Crippen LogP contribution in [0.2, 0.25) is 0 Å². The molecule has 2 aromatic carbocycles. The first-order chi connectivity index (χ1) is 14.5. The van der Waals surface area contributed by atoms with Crippen LogP contribution < -0.4 is 15.1 Å². The van der Waals surface area contributed by atoms with Crippen molar-refractivity contribution in [2.75, 3.05) is 22.9 Å². The second-order valence-corrected chi connectivity index (χ2v) is 8.33. The minimum atomic E-state index is -0.745. The molecule has 6 nitrogen and oxygen atoms in total. The molecule has 7 heteroatoms. The molecular formula is C23H22BrN3O3. The zero-order chi connectivity index (χ0) is 21.3. The highest BCUT2D eigenvalue weighted by atomic mass is 79.9. The maximum atomic E-state index is 13.0. The van der Waals surface area contributed by atoms with Crippen molar-refractivity contribution >= 4 is 51.2 Å². The highest BCUT2D eigenvalue weighted by Gasteiger charge is 2.36. The van der Waals surface area contributed by atoms with E-state index >= 15 is 0 Å². The minimum Gasteiger partial charge on any atom is -0.371 e. The smallest absolute Gasteiger partial charge is 0.335 e. The van der Waals surface area contributed by atoms with Crippen LogP contribution in [0.15, 0.2) is 52.5 Å². The lowest BCUT2D eigenvalue weighted by Gasteiger charge is -2.26. The van der Waals surface area contributed by atoms with Gasteiger partial charge < -0.3 is 4.90 Å². The third kappa shape index (κ3) is 3.89. The molecule has 0 saturated carbocycles. The molecule has 30 heavy (non-hydrogen) atoms. The second kappa shape index (κ2) is 8.44. The lowest BCUT2D eigenvalue weighted by molar-refractivity contribution is -0.122. The summed E-state index contributed by atoms with van der Waals surface area (Å²) in [5.74, 6) is -1.31. The first kappa shape index (κ1) is 20.3. The number of imide groups is 2. The Balaban J connectivity index is 1.62. The van der Waals surface area contributed by atoms with E-state index < -0.39 is 17.8 Å². The van der Waals surface area contributed by atoms with Gasteiger partial charge in [-0.1, -0.05) is 35.3 Å². The summed E-state index contributed by atoms with van der Waals surface area (Å²) in [5.41, 5.74) is 3.55. The lowest BCUT2D eigenvalue weighted by atomic mass is 10.0. The van der Waals surface area contributed by atoms with E-state index in [0.29, 0.717) is 5.69 Å². The van der Waals surface area contributed by atoms with Crippen molar-refractivity contribution in [1.29, 1.82) is 0 Å². The van der Waals surface area contributed by atoms with Crippen LogP contribution in [-0.2, 0) is 16.0 Å². The second-order valence-electron chi connectivity index (χ2n) is 7.41. The van der Waals surface area contributed by atoms with Crippen LogP contribution in [0, 0.1) is 0 Å². The van der Waals surface area contributed by atoms with Crippen molar-refractivity contribution in [3.05, 3.63) is 63.6 Å². The molecular weight excluding hydrogens is 446 g/mol. The summed E-state index contributed by atoms with van der Waals surface area (Å²) < 4.78 is 0.828. The third-order valence-electron chi connectivity index (χ3n) is 5.37. The van der Waals surface area contributed by atoms with E-state index in [0.717, 1.165) is 47.3 Å². The number of hydrogen-bond donors (Lipinski definition) is 1. The van der Waals surface area contributed by atoms with Crippen LogP contribution in [0.1, 0.15) is 30.9 Å². The van der Waals surface area contributed by atoms with Gasteiger partial charge in [0, 0.05) is 23.2 Å². The normalized spacial score (nSPS) is 17.5. The molecule has 0 unspecified atom stereocenters. The SMILES string of the molecule is CCCCN1CCc2cc(C=C3C(=O)NC(=O)N(c4ccc(Br)cc4)C3=O)ccc21. The molecule has 4 amide bonds. The molecule has 154 valence electrons. The fourth-order valence-electron chi connectivity index (χ4n) is 3.81. The Kier molecular flexibility index (Phi) is 5.72. The number of carbonyl (C=O) groups excluding carboxylic acids is 3. The van der Waals surface area contributed by atoms with Gasteiger partial charge in [-0.25, -0.2) is 9.69 Å². The molecule has 2 heterocycles. The number of barbiturate groups is 1. The predicted molar refractivity (Wildman–Crippen MR) is 120 cm³/mol. The van der Waals surface area contributed by atoms with Gasteiger partial charge in [-0.2, -0.15) is 0 Å². The van der Waals surface area contributed by atoms with Crippen LogP contribution in [0.4, 0.5) is 16.2 Å². The molecule has 0 aliphatic carbocycles. The summed E-state index contributed by atoms with van der Waals surface area (Å²) in [6, 6.07) is 12.0. The summed E-state index contributed by atoms with van der Waals surface area (Å²) in [5, 5.41) is 2.26. The van der Waals surface area contributed by atoms with Crippen LogP contribution in [0.5, 0.6) is 0 Å². The number of urea groups is 1. The number of nitrogens with one attached hydrogen (secondary N) is 1. The molecule has 1 N–H and O–H groups in total. The Hall–Kier alpha value is -2.93. The van der Waals surface area contributed by atoms with Crippen molar-refractivity contribution in [1.82, 2.24) is 5.32 Å². The van der Waals surface area contributed by atoms with Crippen molar-refractivity contribution in [3.8, 4) is 0 Å². The highest BCUT2D eigenvalue weighted by molar-refractivity contribution is 9.10. The third-order valence-corrected chi connectivity index (χ3v) is 5.90. The van der Waals surface area contributed by atoms with Crippen LogP contribution >= 0.6 is 15.9 Å². The van der Waals surface area contributed by atoms with Crippen molar-refractivity contribution in [2.45, 2.75) is 26.2 Å². The summed E-state index contributed by atoms with van der Waals surface area (Å²) in [4.78, 5) is 41.1. The molecule has 4 rings (SSSR count). The number of benzene rings is 2. The monoisotopic (exact) mass is 467 g/mol. The standard InChI is InChI=1S/C23H22BrN3O3/c1-2-3-11-26-12-10-16-13-15(4-9-20(16)26)14-19-21(28)25-23(30)27(22(19)29)18-7-5-17(24)6-8-18/h4-9,13-14H,2-3,10-12H2,1H3,(H,25,28,30). The average molecular weight is 468 g/mol. The van der Waals surface area contributed by atoms with E-state index in [4.69, 9.17) is 0 Å². The Labute approximate surface area is 183 Å². The number of amides is 4. The highest BCUT2D eigenvalue weighted by Crippen LogP contribution is 2.30. The number of carbonyl (C=O) groups is 3. The molecule has 2 aromatic rings. The number of nitrogens with zero attached hydrogens (tertiary/aromatic N) is 2. The number of fused-ring (bicyclic) bond motifs is 1. The quantitative estimate of drug-likeness (QED) is 0.526. The number of halogens is 1. The van der Waals surface area contributed by atoms with Gasteiger partial charge in [0.25, 0.3) is 11.8 Å². The van der Waals surface area contributed by atoms with Gasteiger partial charge in [0.1, 0.15) is 5.57 Å². The van der Waals surface area contributed by atoms with Crippen LogP contribution in [-0.4, -0.2) is 30.9 Å².